The Kier molecular flexibility index (Phi) is 8.44. The van der Waals surface area contributed by atoms with Crippen LogP contribution in [0.2, 0.25) is 13.1 Å². The molecule has 1 atom stereocenters. The number of benzene rings is 10. The van der Waals surface area contributed by atoms with Gasteiger partial charge in [-0.05, 0) is 126 Å². The van der Waals surface area contributed by atoms with Crippen LogP contribution in [0.4, 0.5) is 17.1 Å². The van der Waals surface area contributed by atoms with Crippen LogP contribution in [-0.2, 0) is 10.8 Å². The molecule has 3 heteroatoms. The van der Waals surface area contributed by atoms with E-state index in [1.165, 1.54) is 105 Å². The van der Waals surface area contributed by atoms with E-state index in [9.17, 15) is 0 Å². The molecule has 14 rings (SSSR count). The second-order valence-corrected chi connectivity index (χ2v) is 24.7. The summed E-state index contributed by atoms with van der Waals surface area (Å²) in [6, 6.07) is 87.1. The summed E-state index contributed by atoms with van der Waals surface area (Å²) in [6.07, 6.45) is 0. The molecular weight excluding hydrogens is 849 g/mol. The third-order valence-electron chi connectivity index (χ3n) is 16.2. The molecule has 3 aliphatic rings. The Hall–Kier alpha value is -7.98. The van der Waals surface area contributed by atoms with Gasteiger partial charge in [0.15, 0.2) is 0 Å². The first-order valence-corrected chi connectivity index (χ1v) is 27.4. The molecule has 10 aromatic carbocycles. The smallest absolute Gasteiger partial charge is 0.113 e. The molecule has 1 aliphatic carbocycles. The monoisotopic (exact) mass is 898 g/mol. The molecule has 2 nitrogen and oxygen atoms in total. The van der Waals surface area contributed by atoms with Crippen molar-refractivity contribution in [3.63, 3.8) is 0 Å². The third-order valence-corrected chi connectivity index (χ3v) is 19.8. The highest BCUT2D eigenvalue weighted by atomic mass is 28.3. The van der Waals surface area contributed by atoms with Gasteiger partial charge in [-0.25, -0.2) is 0 Å². The van der Waals surface area contributed by atoms with Gasteiger partial charge in [0.2, 0.25) is 0 Å². The fourth-order valence-electron chi connectivity index (χ4n) is 13.2. The first-order valence-electron chi connectivity index (χ1n) is 24.4. The van der Waals surface area contributed by atoms with E-state index in [0.29, 0.717) is 0 Å². The highest BCUT2D eigenvalue weighted by Gasteiger charge is 2.53. The first-order chi connectivity index (χ1) is 33.8. The van der Waals surface area contributed by atoms with E-state index in [2.05, 4.69) is 267 Å². The lowest BCUT2D eigenvalue weighted by atomic mass is 9.62. The van der Waals surface area contributed by atoms with Crippen molar-refractivity contribution in [1.29, 1.82) is 0 Å². The van der Waals surface area contributed by atoms with Crippen molar-refractivity contribution in [2.24, 2.45) is 0 Å². The molecule has 3 heterocycles. The maximum Gasteiger partial charge on any atom is 0.113 e. The molecule has 11 aromatic rings. The van der Waals surface area contributed by atoms with E-state index >= 15 is 0 Å². The van der Waals surface area contributed by atoms with E-state index in [1.807, 2.05) is 0 Å². The van der Waals surface area contributed by atoms with Gasteiger partial charge in [0, 0.05) is 33.2 Å². The standard InChI is InChI=1S/C66H50N2Si/c1-65(2)54-24-10-8-20-50(54)51-41-40-48(42-59(51)65)67(46-36-32-44(33-37-46)43-18-6-5-7-19-43)47-38-34-45(35-39-47)49-22-16-28-58-64(49)69(3,4)62-31-15-12-26-56(62)66(58)55-25-11-14-30-61(55)68-60-29-13-9-21-52(60)53-23-17-27-57(66)63(53)68/h5-42H,1-4H3. The largest absolute Gasteiger partial charge is 0.310 e. The van der Waals surface area contributed by atoms with Gasteiger partial charge in [0.1, 0.15) is 8.07 Å². The van der Waals surface area contributed by atoms with Crippen LogP contribution in [0.25, 0.3) is 60.9 Å². The molecule has 2 aliphatic heterocycles. The van der Waals surface area contributed by atoms with E-state index in [1.54, 1.807) is 0 Å². The van der Waals surface area contributed by atoms with Crippen LogP contribution in [-0.4, -0.2) is 12.6 Å². The molecule has 0 saturated carbocycles. The molecule has 0 N–H and O–H groups in total. The van der Waals surface area contributed by atoms with Crippen LogP contribution >= 0.6 is 0 Å². The average molecular weight is 899 g/mol. The lowest BCUT2D eigenvalue weighted by Crippen LogP contribution is -2.64. The fourth-order valence-corrected chi connectivity index (χ4v) is 16.8. The lowest BCUT2D eigenvalue weighted by Gasteiger charge is -2.50. The van der Waals surface area contributed by atoms with Gasteiger partial charge < -0.3 is 9.47 Å². The van der Waals surface area contributed by atoms with Gasteiger partial charge in [0.05, 0.1) is 22.1 Å². The van der Waals surface area contributed by atoms with Gasteiger partial charge in [-0.1, -0.05) is 209 Å². The second-order valence-electron chi connectivity index (χ2n) is 20.4. The molecule has 1 spiro atoms. The molecular formula is C66H50N2Si. The molecule has 0 radical (unpaired) electrons. The highest BCUT2D eigenvalue weighted by molar-refractivity contribution is 7.02. The Morgan fingerprint density at radius 2 is 0.942 bits per heavy atom. The highest BCUT2D eigenvalue weighted by Crippen LogP contribution is 2.56. The zero-order valence-corrected chi connectivity index (χ0v) is 40.3. The predicted octanol–water partition coefficient (Wildman–Crippen LogP) is 15.7. The molecule has 0 saturated heterocycles. The van der Waals surface area contributed by atoms with Crippen LogP contribution < -0.4 is 15.3 Å². The van der Waals surface area contributed by atoms with Crippen molar-refractivity contribution in [3.8, 4) is 39.1 Å². The van der Waals surface area contributed by atoms with Crippen LogP contribution in [0, 0.1) is 0 Å². The fraction of sp³-hybridized carbons (Fsp3) is 0.0909. The van der Waals surface area contributed by atoms with Crippen LogP contribution in [0.3, 0.4) is 0 Å². The maximum atomic E-state index is 2.58. The van der Waals surface area contributed by atoms with Crippen molar-refractivity contribution >= 4 is 57.3 Å². The van der Waals surface area contributed by atoms with Crippen molar-refractivity contribution in [2.75, 3.05) is 4.90 Å². The van der Waals surface area contributed by atoms with Gasteiger partial charge in [0.25, 0.3) is 0 Å². The Morgan fingerprint density at radius 1 is 0.391 bits per heavy atom. The van der Waals surface area contributed by atoms with E-state index in [-0.39, 0.29) is 5.41 Å². The Balaban J connectivity index is 0.963. The minimum atomic E-state index is -2.34. The van der Waals surface area contributed by atoms with Gasteiger partial charge in [-0.2, -0.15) is 0 Å². The van der Waals surface area contributed by atoms with E-state index < -0.39 is 13.5 Å². The predicted molar refractivity (Wildman–Crippen MR) is 293 cm³/mol. The number of nitrogens with zero attached hydrogens (tertiary/aromatic N) is 2. The normalized spacial score (nSPS) is 16.4. The summed E-state index contributed by atoms with van der Waals surface area (Å²) in [6.45, 7) is 9.90. The molecule has 0 fully saturated rings. The number of anilines is 3. The minimum Gasteiger partial charge on any atom is -0.310 e. The molecule has 0 bridgehead atoms. The van der Waals surface area contributed by atoms with Crippen LogP contribution in [0.5, 0.6) is 0 Å². The maximum absolute atomic E-state index is 2.58. The summed E-state index contributed by atoms with van der Waals surface area (Å²) in [7, 11) is -2.34. The van der Waals surface area contributed by atoms with Crippen molar-refractivity contribution in [2.45, 2.75) is 37.8 Å². The first kappa shape index (κ1) is 40.1. The number of hydrogen-bond donors (Lipinski definition) is 0. The van der Waals surface area contributed by atoms with E-state index in [4.69, 9.17) is 0 Å². The zero-order chi connectivity index (χ0) is 46.2. The quantitative estimate of drug-likeness (QED) is 0.156. The lowest BCUT2D eigenvalue weighted by molar-refractivity contribution is 0.660. The number of hydrogen-bond acceptors (Lipinski definition) is 1. The molecule has 1 aromatic heterocycles. The van der Waals surface area contributed by atoms with Crippen LogP contribution in [0.15, 0.2) is 231 Å². The van der Waals surface area contributed by atoms with Crippen molar-refractivity contribution in [3.05, 3.63) is 264 Å². The minimum absolute atomic E-state index is 0.116. The summed E-state index contributed by atoms with van der Waals surface area (Å²) in [5, 5.41) is 5.62. The summed E-state index contributed by atoms with van der Waals surface area (Å²) in [4.78, 5) is 2.45. The Bertz CT molecular complexity index is 3890. The van der Waals surface area contributed by atoms with Gasteiger partial charge in [-0.3, -0.25) is 0 Å². The molecule has 0 amide bonds. The second kappa shape index (κ2) is 14.5. The summed E-state index contributed by atoms with van der Waals surface area (Å²) in [5.41, 5.74) is 22.5. The number of fused-ring (bicyclic) bond motifs is 14. The Morgan fingerprint density at radius 3 is 1.74 bits per heavy atom. The topological polar surface area (TPSA) is 8.17 Å². The number of rotatable bonds is 5. The van der Waals surface area contributed by atoms with Gasteiger partial charge in [-0.15, -0.1) is 0 Å². The van der Waals surface area contributed by atoms with Crippen LogP contribution in [0.1, 0.15) is 47.2 Å². The Labute approximate surface area is 405 Å². The van der Waals surface area contributed by atoms with Gasteiger partial charge >= 0.3 is 0 Å². The molecule has 328 valence electrons. The summed E-state index contributed by atoms with van der Waals surface area (Å²) < 4.78 is 2.55. The molecule has 1 unspecified atom stereocenters. The third kappa shape index (κ3) is 5.42. The zero-order valence-electron chi connectivity index (χ0n) is 39.3. The number of para-hydroxylation sites is 3. The summed E-state index contributed by atoms with van der Waals surface area (Å²) >= 11 is 0. The summed E-state index contributed by atoms with van der Waals surface area (Å²) in [5.74, 6) is 0. The molecule has 69 heavy (non-hydrogen) atoms. The average Bonchev–Trinajstić information content (AvgIpc) is 3.86. The van der Waals surface area contributed by atoms with Crippen molar-refractivity contribution < 1.29 is 0 Å². The van der Waals surface area contributed by atoms with Crippen molar-refractivity contribution in [1.82, 2.24) is 4.57 Å². The SMILES string of the molecule is CC1(C)c2ccccc2-c2ccc(N(c3ccc(-c4ccccc4)cc3)c3ccc(-c4cccc5c4[Si](C)(C)c4ccccc4C54c5ccccc5-n5c6ccccc6c6cccc4c65)cc3)cc21. The van der Waals surface area contributed by atoms with E-state index in [0.717, 1.165) is 17.1 Å². The number of aromatic nitrogens is 1.